The number of carbonyl (C=O) groups excluding carboxylic acids is 2. The van der Waals surface area contributed by atoms with Crippen LogP contribution in [-0.2, 0) is 11.3 Å². The summed E-state index contributed by atoms with van der Waals surface area (Å²) in [5, 5.41) is 3.28. The van der Waals surface area contributed by atoms with Crippen molar-refractivity contribution in [3.63, 3.8) is 0 Å². The average Bonchev–Trinajstić information content (AvgIpc) is 2.73. The average molecular weight is 392 g/mol. The second-order valence-corrected chi connectivity index (χ2v) is 7.34. The molecule has 0 unspecified atom stereocenters. The van der Waals surface area contributed by atoms with Crippen LogP contribution in [-0.4, -0.2) is 28.4 Å². The van der Waals surface area contributed by atoms with Crippen LogP contribution >= 0.6 is 0 Å². The summed E-state index contributed by atoms with van der Waals surface area (Å²) in [6.07, 6.45) is 8.43. The number of nitrogens with one attached hydrogen (secondary N) is 1. The van der Waals surface area contributed by atoms with Crippen LogP contribution in [0.3, 0.4) is 0 Å². The van der Waals surface area contributed by atoms with Crippen molar-refractivity contribution in [3.8, 4) is 0 Å². The van der Waals surface area contributed by atoms with Gasteiger partial charge in [0.1, 0.15) is 6.61 Å². The van der Waals surface area contributed by atoms with Crippen molar-refractivity contribution in [2.24, 2.45) is 0 Å². The molecule has 5 rings (SSSR count). The highest BCUT2D eigenvalue weighted by Crippen LogP contribution is 2.27. The molecule has 2 aromatic rings. The molecule has 0 saturated heterocycles. The van der Waals surface area contributed by atoms with Crippen LogP contribution in [0.5, 0.6) is 0 Å². The van der Waals surface area contributed by atoms with Crippen molar-refractivity contribution in [3.05, 3.63) is 59.3 Å². The molecule has 0 fully saturated rings. The second kappa shape index (κ2) is 8.43. The Labute approximate surface area is 169 Å². The first kappa shape index (κ1) is 19.1. The van der Waals surface area contributed by atoms with E-state index in [1.54, 1.807) is 6.20 Å². The Morgan fingerprint density at radius 1 is 1.14 bits per heavy atom. The molecule has 3 aliphatic rings. The van der Waals surface area contributed by atoms with Gasteiger partial charge in [-0.2, -0.15) is 4.98 Å². The summed E-state index contributed by atoms with van der Waals surface area (Å²) in [6, 6.07) is 7.62. The fraction of sp³-hybridized carbons (Fsp3) is 0.364. The van der Waals surface area contributed by atoms with Crippen molar-refractivity contribution >= 4 is 23.6 Å². The van der Waals surface area contributed by atoms with Gasteiger partial charge in [-0.05, 0) is 31.7 Å². The summed E-state index contributed by atoms with van der Waals surface area (Å²) in [6.45, 7) is 2.57. The number of rotatable bonds is 0. The van der Waals surface area contributed by atoms with Gasteiger partial charge in [0.05, 0.1) is 11.6 Å². The summed E-state index contributed by atoms with van der Waals surface area (Å²) in [5.74, 6) is 1.20. The molecule has 1 aromatic carbocycles. The Morgan fingerprint density at radius 3 is 2.79 bits per heavy atom. The monoisotopic (exact) mass is 392 g/mol. The van der Waals surface area contributed by atoms with E-state index in [2.05, 4.69) is 15.3 Å². The zero-order valence-corrected chi connectivity index (χ0v) is 16.4. The van der Waals surface area contributed by atoms with Crippen LogP contribution < -0.4 is 10.2 Å². The minimum atomic E-state index is -0.407. The van der Waals surface area contributed by atoms with Crippen LogP contribution in [0.4, 0.5) is 16.6 Å². The maximum atomic E-state index is 12.4. The Morgan fingerprint density at radius 2 is 1.97 bits per heavy atom. The van der Waals surface area contributed by atoms with E-state index in [0.717, 1.165) is 36.0 Å². The fourth-order valence-corrected chi connectivity index (χ4v) is 3.49. The standard InChI is InChI=1S/C22H24N4O3/c1-15-16-8-10-17(11-9-16)19(27)7-5-3-2-4-6-12-26-20-18(14-29-22(26)28)13-23-21(24-15)25-20/h4,6,8-11,13,15H,2-3,5,7,12,14H2,1H3,(H,23,24,25)/b6-4+/t15-/m0/s1. The van der Waals surface area contributed by atoms with Crippen molar-refractivity contribution in [1.29, 1.82) is 0 Å². The van der Waals surface area contributed by atoms with Crippen molar-refractivity contribution < 1.29 is 14.3 Å². The van der Waals surface area contributed by atoms with Gasteiger partial charge in [0, 0.05) is 24.7 Å². The fourth-order valence-electron chi connectivity index (χ4n) is 3.49. The smallest absolute Gasteiger partial charge is 0.416 e. The van der Waals surface area contributed by atoms with E-state index in [4.69, 9.17) is 4.74 Å². The lowest BCUT2D eigenvalue weighted by Gasteiger charge is -2.27. The lowest BCUT2D eigenvalue weighted by molar-refractivity contribution is 0.0979. The van der Waals surface area contributed by atoms with Gasteiger partial charge in [-0.3, -0.25) is 9.69 Å². The van der Waals surface area contributed by atoms with Crippen LogP contribution in [0.25, 0.3) is 0 Å². The summed E-state index contributed by atoms with van der Waals surface area (Å²) >= 11 is 0. The molecule has 1 N–H and O–H groups in total. The van der Waals surface area contributed by atoms with E-state index in [0.29, 0.717) is 24.7 Å². The maximum Gasteiger partial charge on any atom is 0.416 e. The number of allylic oxidation sites excluding steroid dienone is 1. The minimum Gasteiger partial charge on any atom is -0.444 e. The molecule has 0 spiro atoms. The van der Waals surface area contributed by atoms with Gasteiger partial charge < -0.3 is 10.1 Å². The number of carbonyl (C=O) groups is 2. The number of fused-ring (bicyclic) bond motifs is 9. The first-order valence-electron chi connectivity index (χ1n) is 9.97. The molecule has 1 amide bonds. The quantitative estimate of drug-likeness (QED) is 0.668. The van der Waals surface area contributed by atoms with E-state index < -0.39 is 6.09 Å². The highest BCUT2D eigenvalue weighted by molar-refractivity contribution is 5.96. The Hall–Kier alpha value is -3.22. The van der Waals surface area contributed by atoms with Crippen molar-refractivity contribution in [2.45, 2.75) is 45.3 Å². The van der Waals surface area contributed by atoms with E-state index in [9.17, 15) is 9.59 Å². The highest BCUT2D eigenvalue weighted by atomic mass is 16.6. The molecule has 4 bridgehead atoms. The van der Waals surface area contributed by atoms with Gasteiger partial charge in [-0.15, -0.1) is 0 Å². The largest absolute Gasteiger partial charge is 0.444 e. The molecule has 150 valence electrons. The molecule has 29 heavy (non-hydrogen) atoms. The summed E-state index contributed by atoms with van der Waals surface area (Å²) in [5.41, 5.74) is 2.56. The van der Waals surface area contributed by atoms with Crippen LogP contribution in [0.1, 0.15) is 60.1 Å². The zero-order valence-electron chi connectivity index (χ0n) is 16.4. The Bertz CT molecular complexity index is 940. The molecule has 0 aliphatic carbocycles. The number of cyclic esters (lactones) is 1. The predicted molar refractivity (Wildman–Crippen MR) is 110 cm³/mol. The molecule has 0 saturated carbocycles. The number of benzene rings is 1. The van der Waals surface area contributed by atoms with Crippen molar-refractivity contribution in [1.82, 2.24) is 9.97 Å². The zero-order chi connectivity index (χ0) is 20.2. The van der Waals surface area contributed by atoms with E-state index in [1.807, 2.05) is 43.3 Å². The van der Waals surface area contributed by atoms with Gasteiger partial charge in [0.25, 0.3) is 0 Å². The topological polar surface area (TPSA) is 84.4 Å². The SMILES string of the molecule is C[C@@H]1Nc2ncc3c(n2)N(C/C=C/CCCCC(=O)c2ccc1cc2)C(=O)OC3. The van der Waals surface area contributed by atoms with Gasteiger partial charge in [0.15, 0.2) is 11.6 Å². The third kappa shape index (κ3) is 4.29. The first-order chi connectivity index (χ1) is 14.1. The van der Waals surface area contributed by atoms with E-state index in [-0.39, 0.29) is 18.4 Å². The number of amides is 1. The number of hydrogen-bond acceptors (Lipinski definition) is 6. The number of aromatic nitrogens is 2. The minimum absolute atomic E-state index is 0.0556. The Kier molecular flexibility index (Phi) is 5.55. The van der Waals surface area contributed by atoms with Crippen molar-refractivity contribution in [2.75, 3.05) is 16.8 Å². The number of hydrogen-bond donors (Lipinski definition) is 1. The predicted octanol–water partition coefficient (Wildman–Crippen LogP) is 4.42. The van der Waals surface area contributed by atoms with E-state index >= 15 is 0 Å². The van der Waals surface area contributed by atoms with E-state index in [1.165, 1.54) is 4.90 Å². The normalized spacial score (nSPS) is 21.0. The van der Waals surface area contributed by atoms with Gasteiger partial charge in [-0.25, -0.2) is 9.78 Å². The van der Waals surface area contributed by atoms with Gasteiger partial charge in [0.2, 0.25) is 5.95 Å². The second-order valence-electron chi connectivity index (χ2n) is 7.34. The Balaban J connectivity index is 1.65. The van der Waals surface area contributed by atoms with Crippen LogP contribution in [0.2, 0.25) is 0 Å². The molecule has 0 radical (unpaired) electrons. The summed E-state index contributed by atoms with van der Waals surface area (Å²) in [7, 11) is 0. The maximum absolute atomic E-state index is 12.4. The molecule has 7 nitrogen and oxygen atoms in total. The molecule has 1 aromatic heterocycles. The number of ether oxygens (including phenoxy) is 1. The molecule has 3 aliphatic heterocycles. The third-order valence-corrected chi connectivity index (χ3v) is 5.23. The molecule has 1 atom stereocenters. The lowest BCUT2D eigenvalue weighted by atomic mass is 10.0. The molecule has 4 heterocycles. The molecule has 7 heteroatoms. The van der Waals surface area contributed by atoms with Gasteiger partial charge in [-0.1, -0.05) is 36.4 Å². The number of nitrogens with zero attached hydrogens (tertiary/aromatic N) is 3. The number of Topliss-reactive ketones (excluding diaryl/α,β-unsaturated/α-hetero) is 1. The third-order valence-electron chi connectivity index (χ3n) is 5.23. The van der Waals surface area contributed by atoms with Crippen LogP contribution in [0, 0.1) is 0 Å². The van der Waals surface area contributed by atoms with Crippen LogP contribution in [0.15, 0.2) is 42.6 Å². The summed E-state index contributed by atoms with van der Waals surface area (Å²) < 4.78 is 5.24. The molecular formula is C22H24N4O3. The van der Waals surface area contributed by atoms with Gasteiger partial charge >= 0.3 is 6.09 Å². The number of anilines is 2. The lowest BCUT2D eigenvalue weighted by Crippen LogP contribution is -2.37. The molecular weight excluding hydrogens is 368 g/mol. The first-order valence-corrected chi connectivity index (χ1v) is 9.97. The number of ketones is 1. The summed E-state index contributed by atoms with van der Waals surface area (Å²) in [4.78, 5) is 35.1. The highest BCUT2D eigenvalue weighted by Gasteiger charge is 2.27.